The molecule has 100 valence electrons. The normalized spacial score (nSPS) is 10.5. The van der Waals surface area contributed by atoms with Crippen molar-refractivity contribution in [3.8, 4) is 0 Å². The van der Waals surface area contributed by atoms with Crippen LogP contribution in [0.2, 0.25) is 0 Å². The standard InChI is InChI=1S/C14H17FN4/c1-3-12-13(4-2)18-19-14(17-12)16-9-10-7-5-6-8-11(10)15/h5-8H,3-4,9H2,1-2H3,(H,16,17,19). The smallest absolute Gasteiger partial charge is 0.243 e. The van der Waals surface area contributed by atoms with Gasteiger partial charge in [0.1, 0.15) is 5.82 Å². The molecule has 1 aromatic heterocycles. The first kappa shape index (κ1) is 13.4. The number of hydrogen-bond acceptors (Lipinski definition) is 4. The second-order valence-corrected chi connectivity index (χ2v) is 4.18. The molecule has 0 saturated carbocycles. The third kappa shape index (κ3) is 3.24. The molecule has 19 heavy (non-hydrogen) atoms. The maximum absolute atomic E-state index is 13.5. The molecule has 0 spiro atoms. The van der Waals surface area contributed by atoms with Gasteiger partial charge in [-0.1, -0.05) is 32.0 Å². The fourth-order valence-corrected chi connectivity index (χ4v) is 1.83. The molecule has 0 amide bonds. The molecular weight excluding hydrogens is 243 g/mol. The predicted molar refractivity (Wildman–Crippen MR) is 72.3 cm³/mol. The van der Waals surface area contributed by atoms with Gasteiger partial charge >= 0.3 is 0 Å². The molecule has 1 aromatic carbocycles. The van der Waals surface area contributed by atoms with Gasteiger partial charge in [0.25, 0.3) is 0 Å². The van der Waals surface area contributed by atoms with Crippen molar-refractivity contribution in [3.05, 3.63) is 47.0 Å². The zero-order chi connectivity index (χ0) is 13.7. The molecule has 0 unspecified atom stereocenters. The van der Waals surface area contributed by atoms with Crippen LogP contribution in [-0.2, 0) is 19.4 Å². The summed E-state index contributed by atoms with van der Waals surface area (Å²) in [5.74, 6) is 0.209. The van der Waals surface area contributed by atoms with Crippen LogP contribution in [0.5, 0.6) is 0 Å². The van der Waals surface area contributed by atoms with Gasteiger partial charge < -0.3 is 5.32 Å². The first-order chi connectivity index (χ1) is 9.24. The highest BCUT2D eigenvalue weighted by molar-refractivity contribution is 5.29. The Morgan fingerprint density at radius 2 is 1.79 bits per heavy atom. The molecular formula is C14H17FN4. The molecule has 1 N–H and O–H groups in total. The molecule has 0 bridgehead atoms. The summed E-state index contributed by atoms with van der Waals surface area (Å²) >= 11 is 0. The summed E-state index contributed by atoms with van der Waals surface area (Å²) in [5, 5.41) is 11.1. The van der Waals surface area contributed by atoms with E-state index in [2.05, 4.69) is 20.5 Å². The van der Waals surface area contributed by atoms with Crippen LogP contribution in [0.4, 0.5) is 10.3 Å². The number of anilines is 1. The van der Waals surface area contributed by atoms with Crippen LogP contribution in [0.1, 0.15) is 30.8 Å². The molecule has 0 saturated heterocycles. The summed E-state index contributed by atoms with van der Waals surface area (Å²) in [6.07, 6.45) is 1.63. The molecule has 0 aliphatic heterocycles. The monoisotopic (exact) mass is 260 g/mol. The molecule has 0 radical (unpaired) electrons. The molecule has 0 fully saturated rings. The lowest BCUT2D eigenvalue weighted by atomic mass is 10.2. The van der Waals surface area contributed by atoms with Gasteiger partial charge in [0.05, 0.1) is 11.4 Å². The second-order valence-electron chi connectivity index (χ2n) is 4.18. The Labute approximate surface area is 112 Å². The van der Waals surface area contributed by atoms with Gasteiger partial charge in [0, 0.05) is 12.1 Å². The van der Waals surface area contributed by atoms with Crippen molar-refractivity contribution < 1.29 is 4.39 Å². The maximum Gasteiger partial charge on any atom is 0.243 e. The second kappa shape index (κ2) is 6.22. The highest BCUT2D eigenvalue weighted by Crippen LogP contribution is 2.10. The van der Waals surface area contributed by atoms with Crippen LogP contribution in [0.15, 0.2) is 24.3 Å². The van der Waals surface area contributed by atoms with E-state index in [1.165, 1.54) is 6.07 Å². The van der Waals surface area contributed by atoms with Crippen molar-refractivity contribution >= 4 is 5.95 Å². The minimum atomic E-state index is -0.233. The van der Waals surface area contributed by atoms with E-state index in [1.54, 1.807) is 18.2 Å². The fourth-order valence-electron chi connectivity index (χ4n) is 1.83. The Balaban J connectivity index is 2.10. The average Bonchev–Trinajstić information content (AvgIpc) is 2.46. The lowest BCUT2D eigenvalue weighted by Crippen LogP contribution is -2.10. The SMILES string of the molecule is CCc1nnc(NCc2ccccc2F)nc1CC. The number of rotatable bonds is 5. The molecule has 0 atom stereocenters. The minimum absolute atomic E-state index is 0.233. The van der Waals surface area contributed by atoms with Crippen LogP contribution in [0.3, 0.4) is 0 Å². The molecule has 0 aliphatic rings. The highest BCUT2D eigenvalue weighted by atomic mass is 19.1. The largest absolute Gasteiger partial charge is 0.349 e. The first-order valence-electron chi connectivity index (χ1n) is 6.44. The quantitative estimate of drug-likeness (QED) is 0.898. The van der Waals surface area contributed by atoms with Gasteiger partial charge in [0.2, 0.25) is 5.95 Å². The lowest BCUT2D eigenvalue weighted by Gasteiger charge is -2.08. The highest BCUT2D eigenvalue weighted by Gasteiger charge is 2.06. The molecule has 5 heteroatoms. The Hall–Kier alpha value is -2.04. The van der Waals surface area contributed by atoms with Crippen molar-refractivity contribution in [2.45, 2.75) is 33.2 Å². The van der Waals surface area contributed by atoms with Gasteiger partial charge in [-0.15, -0.1) is 5.10 Å². The number of aromatic nitrogens is 3. The van der Waals surface area contributed by atoms with Crippen molar-refractivity contribution in [2.24, 2.45) is 0 Å². The van der Waals surface area contributed by atoms with E-state index in [9.17, 15) is 4.39 Å². The van der Waals surface area contributed by atoms with E-state index in [0.717, 1.165) is 24.2 Å². The fraction of sp³-hybridized carbons (Fsp3) is 0.357. The summed E-state index contributed by atoms with van der Waals surface area (Å²) in [4.78, 5) is 4.40. The van der Waals surface area contributed by atoms with Gasteiger partial charge in [-0.05, 0) is 18.9 Å². The van der Waals surface area contributed by atoms with Crippen molar-refractivity contribution in [3.63, 3.8) is 0 Å². The van der Waals surface area contributed by atoms with Crippen molar-refractivity contribution in [1.82, 2.24) is 15.2 Å². The van der Waals surface area contributed by atoms with Gasteiger partial charge in [-0.25, -0.2) is 9.37 Å². The van der Waals surface area contributed by atoms with E-state index in [4.69, 9.17) is 0 Å². The topological polar surface area (TPSA) is 50.7 Å². The van der Waals surface area contributed by atoms with E-state index >= 15 is 0 Å². The van der Waals surface area contributed by atoms with E-state index in [0.29, 0.717) is 18.1 Å². The molecule has 1 heterocycles. The predicted octanol–water partition coefficient (Wildman–Crippen LogP) is 2.75. The van der Waals surface area contributed by atoms with Gasteiger partial charge in [-0.3, -0.25) is 0 Å². The molecule has 2 rings (SSSR count). The number of aryl methyl sites for hydroxylation is 2. The summed E-state index contributed by atoms with van der Waals surface area (Å²) in [6, 6.07) is 6.64. The summed E-state index contributed by atoms with van der Waals surface area (Å²) < 4.78 is 13.5. The molecule has 4 nitrogen and oxygen atoms in total. The summed E-state index contributed by atoms with van der Waals surface area (Å²) in [6.45, 7) is 4.41. The van der Waals surface area contributed by atoms with Crippen LogP contribution < -0.4 is 5.32 Å². The lowest BCUT2D eigenvalue weighted by molar-refractivity contribution is 0.612. The maximum atomic E-state index is 13.5. The number of halogens is 1. The van der Waals surface area contributed by atoms with E-state index in [1.807, 2.05) is 13.8 Å². The summed E-state index contributed by atoms with van der Waals surface area (Å²) in [5.41, 5.74) is 2.44. The molecule has 2 aromatic rings. The van der Waals surface area contributed by atoms with Gasteiger partial charge in [0.15, 0.2) is 0 Å². The Bertz CT molecular complexity index is 557. The Kier molecular flexibility index (Phi) is 4.39. The third-order valence-corrected chi connectivity index (χ3v) is 2.90. The van der Waals surface area contributed by atoms with Crippen LogP contribution >= 0.6 is 0 Å². The number of nitrogens with zero attached hydrogens (tertiary/aromatic N) is 3. The zero-order valence-corrected chi connectivity index (χ0v) is 11.2. The zero-order valence-electron chi connectivity index (χ0n) is 11.2. The van der Waals surface area contributed by atoms with E-state index < -0.39 is 0 Å². The van der Waals surface area contributed by atoms with Crippen molar-refractivity contribution in [1.29, 1.82) is 0 Å². The Morgan fingerprint density at radius 1 is 1.05 bits per heavy atom. The van der Waals surface area contributed by atoms with E-state index in [-0.39, 0.29) is 5.82 Å². The van der Waals surface area contributed by atoms with Gasteiger partial charge in [-0.2, -0.15) is 5.10 Å². The van der Waals surface area contributed by atoms with Crippen LogP contribution in [-0.4, -0.2) is 15.2 Å². The average molecular weight is 260 g/mol. The Morgan fingerprint density at radius 3 is 2.47 bits per heavy atom. The third-order valence-electron chi connectivity index (χ3n) is 2.90. The number of nitrogens with one attached hydrogen (secondary N) is 1. The van der Waals surface area contributed by atoms with Crippen LogP contribution in [0, 0.1) is 5.82 Å². The summed E-state index contributed by atoms with van der Waals surface area (Å²) in [7, 11) is 0. The first-order valence-corrected chi connectivity index (χ1v) is 6.44. The number of hydrogen-bond donors (Lipinski definition) is 1. The molecule has 0 aliphatic carbocycles. The van der Waals surface area contributed by atoms with Crippen LogP contribution in [0.25, 0.3) is 0 Å². The minimum Gasteiger partial charge on any atom is -0.349 e. The van der Waals surface area contributed by atoms with Crippen molar-refractivity contribution in [2.75, 3.05) is 5.32 Å². The number of benzene rings is 1.